The van der Waals surface area contributed by atoms with Crippen LogP contribution in [0.1, 0.15) is 19.3 Å². The first-order valence-corrected chi connectivity index (χ1v) is 6.46. The van der Waals surface area contributed by atoms with Gasteiger partial charge in [0.15, 0.2) is 0 Å². The van der Waals surface area contributed by atoms with Crippen LogP contribution in [0.3, 0.4) is 0 Å². The number of nitrogens with one attached hydrogen (secondary N) is 2. The monoisotopic (exact) mass is 269 g/mol. The molecule has 0 saturated carbocycles. The molecule has 1 fully saturated rings. The van der Waals surface area contributed by atoms with Crippen LogP contribution in [0.25, 0.3) is 0 Å². The molecule has 1 aliphatic heterocycles. The second-order valence-electron chi connectivity index (χ2n) is 4.40. The Labute approximate surface area is 111 Å². The average Bonchev–Trinajstić information content (AvgIpc) is 2.84. The number of hydrogen-bond acceptors (Lipinski definition) is 4. The molecule has 1 aromatic carbocycles. The number of anilines is 1. The van der Waals surface area contributed by atoms with Gasteiger partial charge in [0.25, 0.3) is 5.69 Å². The maximum Gasteiger partial charge on any atom is 0.293 e. The molecule has 2 rings (SSSR count). The van der Waals surface area contributed by atoms with Crippen LogP contribution in [0.4, 0.5) is 11.4 Å². The summed E-state index contributed by atoms with van der Waals surface area (Å²) in [5, 5.41) is 17.7. The summed E-state index contributed by atoms with van der Waals surface area (Å²) in [6.07, 6.45) is 3.32. The van der Waals surface area contributed by atoms with Crippen LogP contribution in [0.15, 0.2) is 18.2 Å². The number of rotatable bonds is 5. The minimum Gasteiger partial charge on any atom is -0.378 e. The summed E-state index contributed by atoms with van der Waals surface area (Å²) >= 11 is 5.99. The zero-order valence-corrected chi connectivity index (χ0v) is 10.7. The normalized spacial score (nSPS) is 18.8. The number of hydrogen-bond donors (Lipinski definition) is 2. The van der Waals surface area contributed by atoms with Crippen molar-refractivity contribution in [2.24, 2.45) is 0 Å². The van der Waals surface area contributed by atoms with E-state index in [1.54, 1.807) is 12.1 Å². The summed E-state index contributed by atoms with van der Waals surface area (Å²) in [5.74, 6) is 0. The lowest BCUT2D eigenvalue weighted by molar-refractivity contribution is -0.383. The fourth-order valence-corrected chi connectivity index (χ4v) is 2.45. The van der Waals surface area contributed by atoms with Crippen LogP contribution in [-0.2, 0) is 0 Å². The van der Waals surface area contributed by atoms with Gasteiger partial charge in [0, 0.05) is 18.7 Å². The molecule has 1 atom stereocenters. The van der Waals surface area contributed by atoms with E-state index < -0.39 is 4.92 Å². The lowest BCUT2D eigenvalue weighted by atomic mass is 10.1. The molecular weight excluding hydrogens is 254 g/mol. The summed E-state index contributed by atoms with van der Waals surface area (Å²) < 4.78 is 0. The molecule has 1 aromatic rings. The van der Waals surface area contributed by atoms with Crippen molar-refractivity contribution < 1.29 is 4.92 Å². The van der Waals surface area contributed by atoms with Gasteiger partial charge < -0.3 is 10.6 Å². The van der Waals surface area contributed by atoms with Crippen molar-refractivity contribution in [1.29, 1.82) is 0 Å². The third kappa shape index (κ3) is 3.11. The van der Waals surface area contributed by atoms with E-state index in [0.29, 0.717) is 23.3 Å². The number of halogens is 1. The van der Waals surface area contributed by atoms with E-state index in [-0.39, 0.29) is 5.69 Å². The summed E-state index contributed by atoms with van der Waals surface area (Å²) in [5.41, 5.74) is 0.448. The Balaban J connectivity index is 1.97. The first kappa shape index (κ1) is 13.1. The highest BCUT2D eigenvalue weighted by molar-refractivity contribution is 6.33. The van der Waals surface area contributed by atoms with Crippen molar-refractivity contribution in [1.82, 2.24) is 5.32 Å². The standard InChI is InChI=1S/C12H16ClN3O2/c13-10-4-1-5-11(16(17)18)12(10)15-8-6-9-3-2-7-14-9/h1,4-5,9,14-15H,2-3,6-8H2. The Hall–Kier alpha value is -1.33. The third-order valence-corrected chi connectivity index (χ3v) is 3.46. The SMILES string of the molecule is O=[N+]([O-])c1cccc(Cl)c1NCCC1CCCN1. The smallest absolute Gasteiger partial charge is 0.293 e. The minimum absolute atomic E-state index is 0.0295. The molecule has 2 N–H and O–H groups in total. The Morgan fingerprint density at radius 3 is 3.06 bits per heavy atom. The Bertz CT molecular complexity index is 433. The van der Waals surface area contributed by atoms with Crippen LogP contribution in [-0.4, -0.2) is 24.1 Å². The van der Waals surface area contributed by atoms with Gasteiger partial charge in [-0.2, -0.15) is 0 Å². The zero-order chi connectivity index (χ0) is 13.0. The average molecular weight is 270 g/mol. The van der Waals surface area contributed by atoms with Crippen molar-refractivity contribution in [3.8, 4) is 0 Å². The summed E-state index contributed by atoms with van der Waals surface area (Å²) in [6, 6.07) is 5.22. The summed E-state index contributed by atoms with van der Waals surface area (Å²) in [6.45, 7) is 1.75. The molecule has 0 spiro atoms. The molecule has 5 nitrogen and oxygen atoms in total. The number of para-hydroxylation sites is 1. The van der Waals surface area contributed by atoms with Gasteiger partial charge >= 0.3 is 0 Å². The van der Waals surface area contributed by atoms with E-state index in [1.807, 2.05) is 0 Å². The van der Waals surface area contributed by atoms with E-state index in [0.717, 1.165) is 13.0 Å². The molecule has 0 aliphatic carbocycles. The van der Waals surface area contributed by atoms with Gasteiger partial charge in [0.1, 0.15) is 5.69 Å². The lowest BCUT2D eigenvalue weighted by Gasteiger charge is -2.12. The first-order chi connectivity index (χ1) is 8.68. The molecule has 0 amide bonds. The maximum atomic E-state index is 10.9. The summed E-state index contributed by atoms with van der Waals surface area (Å²) in [7, 11) is 0. The molecule has 1 unspecified atom stereocenters. The van der Waals surface area contributed by atoms with E-state index in [1.165, 1.54) is 18.9 Å². The fraction of sp³-hybridized carbons (Fsp3) is 0.500. The van der Waals surface area contributed by atoms with Crippen LogP contribution >= 0.6 is 11.6 Å². The van der Waals surface area contributed by atoms with Crippen LogP contribution in [0, 0.1) is 10.1 Å². The van der Waals surface area contributed by atoms with Gasteiger partial charge in [-0.05, 0) is 31.9 Å². The molecule has 18 heavy (non-hydrogen) atoms. The van der Waals surface area contributed by atoms with Crippen molar-refractivity contribution in [2.75, 3.05) is 18.4 Å². The molecule has 0 radical (unpaired) electrons. The predicted molar refractivity (Wildman–Crippen MR) is 72.2 cm³/mol. The van der Waals surface area contributed by atoms with Crippen LogP contribution in [0.2, 0.25) is 5.02 Å². The molecular formula is C12H16ClN3O2. The second-order valence-corrected chi connectivity index (χ2v) is 4.81. The Kier molecular flexibility index (Phi) is 4.38. The first-order valence-electron chi connectivity index (χ1n) is 6.08. The number of nitrogens with zero attached hydrogens (tertiary/aromatic N) is 1. The minimum atomic E-state index is -0.415. The van der Waals surface area contributed by atoms with E-state index in [9.17, 15) is 10.1 Å². The molecule has 1 heterocycles. The Morgan fingerprint density at radius 1 is 1.56 bits per heavy atom. The highest BCUT2D eigenvalue weighted by atomic mass is 35.5. The molecule has 0 aromatic heterocycles. The third-order valence-electron chi connectivity index (χ3n) is 3.15. The molecule has 1 aliphatic rings. The number of nitro benzene ring substituents is 1. The van der Waals surface area contributed by atoms with Crippen molar-refractivity contribution in [3.63, 3.8) is 0 Å². The van der Waals surface area contributed by atoms with E-state index in [2.05, 4.69) is 10.6 Å². The number of nitro groups is 1. The molecule has 98 valence electrons. The quantitative estimate of drug-likeness (QED) is 0.637. The van der Waals surface area contributed by atoms with Gasteiger partial charge in [0.2, 0.25) is 0 Å². The highest BCUT2D eigenvalue weighted by Crippen LogP contribution is 2.31. The maximum absolute atomic E-state index is 10.9. The van der Waals surface area contributed by atoms with Gasteiger partial charge in [-0.25, -0.2) is 0 Å². The van der Waals surface area contributed by atoms with E-state index in [4.69, 9.17) is 11.6 Å². The topological polar surface area (TPSA) is 67.2 Å². The van der Waals surface area contributed by atoms with Crippen LogP contribution < -0.4 is 10.6 Å². The molecule has 1 saturated heterocycles. The second kappa shape index (κ2) is 6.02. The van der Waals surface area contributed by atoms with Crippen molar-refractivity contribution >= 4 is 23.0 Å². The van der Waals surface area contributed by atoms with Crippen LogP contribution in [0.5, 0.6) is 0 Å². The van der Waals surface area contributed by atoms with Gasteiger partial charge in [0.05, 0.1) is 9.95 Å². The number of benzene rings is 1. The zero-order valence-electron chi connectivity index (χ0n) is 9.99. The van der Waals surface area contributed by atoms with Crippen molar-refractivity contribution in [2.45, 2.75) is 25.3 Å². The van der Waals surface area contributed by atoms with Gasteiger partial charge in [-0.15, -0.1) is 0 Å². The van der Waals surface area contributed by atoms with Crippen molar-refractivity contribution in [3.05, 3.63) is 33.3 Å². The molecule has 0 bridgehead atoms. The van der Waals surface area contributed by atoms with E-state index >= 15 is 0 Å². The van der Waals surface area contributed by atoms with Gasteiger partial charge in [-0.1, -0.05) is 17.7 Å². The van der Waals surface area contributed by atoms with Gasteiger partial charge in [-0.3, -0.25) is 10.1 Å². The lowest BCUT2D eigenvalue weighted by Crippen LogP contribution is -2.24. The highest BCUT2D eigenvalue weighted by Gasteiger charge is 2.17. The fourth-order valence-electron chi connectivity index (χ4n) is 2.21. The molecule has 6 heteroatoms. The largest absolute Gasteiger partial charge is 0.378 e. The predicted octanol–water partition coefficient (Wildman–Crippen LogP) is 2.80. The Morgan fingerprint density at radius 2 is 2.39 bits per heavy atom. The summed E-state index contributed by atoms with van der Waals surface area (Å²) in [4.78, 5) is 10.5.